The van der Waals surface area contributed by atoms with Crippen LogP contribution in [0.15, 0.2) is 11.1 Å². The minimum absolute atomic E-state index is 0.0269. The average Bonchev–Trinajstić information content (AvgIpc) is 2.83. The molecule has 0 fully saturated rings. The van der Waals surface area contributed by atoms with Crippen molar-refractivity contribution in [3.63, 3.8) is 0 Å². The molecule has 0 saturated carbocycles. The van der Waals surface area contributed by atoms with E-state index in [9.17, 15) is 9.59 Å². The number of hydrogen-bond donors (Lipinski definition) is 0. The Kier molecular flexibility index (Phi) is 18.6. The zero-order valence-corrected chi connectivity index (χ0v) is 37.6. The van der Waals surface area contributed by atoms with E-state index in [1.54, 1.807) is 0 Å². The van der Waals surface area contributed by atoms with Gasteiger partial charge in [0.25, 0.3) is 0 Å². The molecule has 0 radical (unpaired) electrons. The van der Waals surface area contributed by atoms with E-state index < -0.39 is 40.3 Å². The fourth-order valence-electron chi connectivity index (χ4n) is 6.78. The molecule has 6 heteroatoms. The molecule has 0 amide bonds. The van der Waals surface area contributed by atoms with Crippen LogP contribution in [0.25, 0.3) is 0 Å². The van der Waals surface area contributed by atoms with Gasteiger partial charge in [0.1, 0.15) is 0 Å². The van der Waals surface area contributed by atoms with E-state index in [2.05, 4.69) is 111 Å². The summed E-state index contributed by atoms with van der Waals surface area (Å²) in [7, 11) is 0. The average molecular weight is 806 g/mol. The molecule has 2 atom stereocenters. The van der Waals surface area contributed by atoms with Gasteiger partial charge in [-0.2, -0.15) is 0 Å². The molecule has 0 N–H and O–H groups in total. The van der Waals surface area contributed by atoms with Gasteiger partial charge in [-0.3, -0.25) is 0 Å². The van der Waals surface area contributed by atoms with E-state index in [-0.39, 0.29) is 25.7 Å². The maximum atomic E-state index is 14.5. The van der Waals surface area contributed by atoms with Crippen molar-refractivity contribution in [2.75, 3.05) is 0 Å². The van der Waals surface area contributed by atoms with Crippen molar-refractivity contribution >= 4 is 52.3 Å². The SMILES string of the molecule is CCCCC(CC)C/C(C(=O)[O][SnH]([C](C)(C)C)[C](C)(C)C)=C(\CC(CC)CCCC)C(=O)[O][SnH]([C](C)(C)C)[C](C)(C)C. The van der Waals surface area contributed by atoms with Gasteiger partial charge in [-0.25, -0.2) is 0 Å². The second-order valence-corrected chi connectivity index (χ2v) is 42.7. The molecule has 0 aliphatic heterocycles. The summed E-state index contributed by atoms with van der Waals surface area (Å²) in [5, 5.41) is 0. The molecule has 248 valence electrons. The topological polar surface area (TPSA) is 52.6 Å². The van der Waals surface area contributed by atoms with Crippen LogP contribution in [0.4, 0.5) is 0 Å². The molecule has 0 bridgehead atoms. The molecule has 0 spiro atoms. The molecule has 42 heavy (non-hydrogen) atoms. The van der Waals surface area contributed by atoms with Crippen molar-refractivity contribution < 1.29 is 15.7 Å². The third-order valence-electron chi connectivity index (χ3n) is 8.53. The number of carbonyl (C=O) groups is 2. The standard InChI is InChI=1S/C20H36O4.4C4H9.2Sn.2H/c1-5-9-11-15(7-3)13-17(19(21)22)18(20(23)24)14-16(8-4)12-10-6-2;4*1-4(2)3;;;;/h15-16H,5-14H2,1-4H3,(H,21,22)(H,23,24);4*1-3H3;;;;/q;;;;;2*+1;;/p-2/b18-17-;;;;;;;;. The Balaban J connectivity index is 7.26. The van der Waals surface area contributed by atoms with Gasteiger partial charge in [0.15, 0.2) is 0 Å². The van der Waals surface area contributed by atoms with Crippen LogP contribution >= 0.6 is 0 Å². The fourth-order valence-corrected chi connectivity index (χ4v) is 27.7. The molecule has 0 aromatic carbocycles. The van der Waals surface area contributed by atoms with Crippen molar-refractivity contribution in [2.24, 2.45) is 11.8 Å². The summed E-state index contributed by atoms with van der Waals surface area (Å²) in [6.45, 7) is 35.6. The van der Waals surface area contributed by atoms with Crippen LogP contribution < -0.4 is 0 Å². The Bertz CT molecular complexity index is 752. The number of hydrogen-bond acceptors (Lipinski definition) is 4. The van der Waals surface area contributed by atoms with Gasteiger partial charge in [-0.05, 0) is 0 Å². The van der Waals surface area contributed by atoms with Crippen LogP contribution in [0.1, 0.15) is 175 Å². The summed E-state index contributed by atoms with van der Waals surface area (Å²) in [6.07, 6.45) is 9.86. The Hall–Kier alpha value is 0.277. The molecular weight excluding hydrogens is 734 g/mol. The number of unbranched alkanes of at least 4 members (excludes halogenated alkanes) is 2. The predicted octanol–water partition coefficient (Wildman–Crippen LogP) is 11.2. The Morgan fingerprint density at radius 1 is 0.524 bits per heavy atom. The summed E-state index contributed by atoms with van der Waals surface area (Å²) in [6, 6.07) is 0. The normalized spacial score (nSPS) is 15.5. The second kappa shape index (κ2) is 18.4. The molecule has 0 saturated heterocycles. The number of rotatable bonds is 16. The first-order valence-corrected chi connectivity index (χ1v) is 26.5. The molecule has 0 heterocycles. The molecule has 4 nitrogen and oxygen atoms in total. The van der Waals surface area contributed by atoms with Crippen molar-refractivity contribution in [1.82, 2.24) is 0 Å². The van der Waals surface area contributed by atoms with E-state index in [4.69, 9.17) is 6.15 Å². The zero-order chi connectivity index (χ0) is 33.1. The number of carbonyl (C=O) groups excluding carboxylic acids is 2. The van der Waals surface area contributed by atoms with E-state index >= 15 is 0 Å². The van der Waals surface area contributed by atoms with E-state index in [1.165, 1.54) is 0 Å². The molecule has 0 aromatic rings. The van der Waals surface area contributed by atoms with Gasteiger partial charge in [0.2, 0.25) is 0 Å². The molecule has 0 aromatic heterocycles. The first-order chi connectivity index (χ1) is 19.0. The van der Waals surface area contributed by atoms with Crippen molar-refractivity contribution in [3.05, 3.63) is 11.1 Å². The monoisotopic (exact) mass is 808 g/mol. The Labute approximate surface area is 277 Å². The van der Waals surface area contributed by atoms with Crippen LogP contribution in [0, 0.1) is 11.8 Å². The Morgan fingerprint density at radius 2 is 0.786 bits per heavy atom. The fraction of sp³-hybridized carbons (Fsp3) is 0.889. The van der Waals surface area contributed by atoms with Crippen molar-refractivity contribution in [3.8, 4) is 0 Å². The first-order valence-electron chi connectivity index (χ1n) is 17.2. The van der Waals surface area contributed by atoms with Crippen LogP contribution in [0.5, 0.6) is 0 Å². The third-order valence-corrected chi connectivity index (χ3v) is 29.1. The van der Waals surface area contributed by atoms with Crippen LogP contribution in [-0.2, 0) is 15.7 Å². The Morgan fingerprint density at radius 3 is 0.976 bits per heavy atom. The molecule has 2 unspecified atom stereocenters. The van der Waals surface area contributed by atoms with Gasteiger partial charge in [0.05, 0.1) is 0 Å². The first kappa shape index (κ1) is 42.3. The summed E-state index contributed by atoms with van der Waals surface area (Å²) in [4.78, 5) is 28.9. The van der Waals surface area contributed by atoms with Gasteiger partial charge in [0, 0.05) is 0 Å². The summed E-state index contributed by atoms with van der Waals surface area (Å²) in [5.41, 5.74) is 1.28. The van der Waals surface area contributed by atoms with Gasteiger partial charge >= 0.3 is 280 Å². The van der Waals surface area contributed by atoms with Gasteiger partial charge in [-0.1, -0.05) is 0 Å². The zero-order valence-electron chi connectivity index (χ0n) is 31.0. The molecular formula is C36H72O4Sn2. The predicted molar refractivity (Wildman–Crippen MR) is 188 cm³/mol. The second-order valence-electron chi connectivity index (χ2n) is 17.2. The van der Waals surface area contributed by atoms with Crippen molar-refractivity contribution in [1.29, 1.82) is 0 Å². The van der Waals surface area contributed by atoms with Crippen LogP contribution in [-0.4, -0.2) is 52.3 Å². The molecule has 0 aliphatic rings. The van der Waals surface area contributed by atoms with Crippen LogP contribution in [0.3, 0.4) is 0 Å². The van der Waals surface area contributed by atoms with Gasteiger partial charge in [-0.15, -0.1) is 0 Å². The quantitative estimate of drug-likeness (QED) is 0.115. The maximum absolute atomic E-state index is 14.5. The summed E-state index contributed by atoms with van der Waals surface area (Å²) < 4.78 is 13.3. The van der Waals surface area contributed by atoms with Gasteiger partial charge < -0.3 is 0 Å². The van der Waals surface area contributed by atoms with Crippen molar-refractivity contribution in [2.45, 2.75) is 189 Å². The van der Waals surface area contributed by atoms with Crippen LogP contribution in [0.2, 0.25) is 13.7 Å². The minimum atomic E-state index is -2.94. The molecule has 0 rings (SSSR count). The molecule has 0 aliphatic carbocycles. The summed E-state index contributed by atoms with van der Waals surface area (Å²) >= 11 is -5.87. The van der Waals surface area contributed by atoms with E-state index in [1.807, 2.05) is 0 Å². The summed E-state index contributed by atoms with van der Waals surface area (Å²) in [5.74, 6) is 0.277. The van der Waals surface area contributed by atoms with E-state index in [0.29, 0.717) is 35.8 Å². The van der Waals surface area contributed by atoms with E-state index in [0.717, 1.165) is 51.4 Å². The third kappa shape index (κ3) is 15.0.